The van der Waals surface area contributed by atoms with Crippen molar-refractivity contribution in [3.63, 3.8) is 0 Å². The van der Waals surface area contributed by atoms with Crippen LogP contribution in [0.15, 0.2) is 18.2 Å². The Morgan fingerprint density at radius 2 is 2.30 bits per heavy atom. The van der Waals surface area contributed by atoms with E-state index >= 15 is 0 Å². The highest BCUT2D eigenvalue weighted by Crippen LogP contribution is 2.31. The van der Waals surface area contributed by atoms with Gasteiger partial charge < -0.3 is 10.2 Å². The third kappa shape index (κ3) is 2.21. The van der Waals surface area contributed by atoms with Crippen molar-refractivity contribution in [3.05, 3.63) is 33.9 Å². The molecule has 20 heavy (non-hydrogen) atoms. The molecule has 1 aromatic carbocycles. The molecule has 0 spiro atoms. The van der Waals surface area contributed by atoms with Gasteiger partial charge in [0.2, 0.25) is 0 Å². The molecule has 2 aliphatic rings. The third-order valence-electron chi connectivity index (χ3n) is 4.26. The molecule has 2 atom stereocenters. The van der Waals surface area contributed by atoms with Crippen LogP contribution in [0.25, 0.3) is 0 Å². The van der Waals surface area contributed by atoms with Crippen LogP contribution in [0.2, 0.25) is 0 Å². The second kappa shape index (κ2) is 5.10. The van der Waals surface area contributed by atoms with Crippen molar-refractivity contribution in [2.24, 2.45) is 5.92 Å². The Balaban J connectivity index is 1.85. The van der Waals surface area contributed by atoms with Crippen molar-refractivity contribution in [1.82, 2.24) is 5.32 Å². The summed E-state index contributed by atoms with van der Waals surface area (Å²) in [5.41, 5.74) is 0.921. The summed E-state index contributed by atoms with van der Waals surface area (Å²) in [6.07, 6.45) is 2.44. The first-order chi connectivity index (χ1) is 9.69. The molecule has 0 bridgehead atoms. The van der Waals surface area contributed by atoms with Gasteiger partial charge in [0.15, 0.2) is 0 Å². The molecule has 0 unspecified atom stereocenters. The fourth-order valence-corrected chi connectivity index (χ4v) is 3.23. The first-order valence-electron chi connectivity index (χ1n) is 6.86. The van der Waals surface area contributed by atoms with Crippen LogP contribution in [0.5, 0.6) is 0 Å². The minimum atomic E-state index is -0.506. The van der Waals surface area contributed by atoms with Gasteiger partial charge in [-0.05, 0) is 37.4 Å². The van der Waals surface area contributed by atoms with Gasteiger partial charge in [-0.25, -0.2) is 0 Å². The molecule has 0 aliphatic carbocycles. The molecule has 0 saturated carbocycles. The van der Waals surface area contributed by atoms with Gasteiger partial charge in [-0.3, -0.25) is 10.1 Å². The average molecular weight is 272 g/mol. The Bertz CT molecular complexity index is 567. The number of rotatable bonds is 2. The van der Waals surface area contributed by atoms with Gasteiger partial charge >= 0.3 is 0 Å². The maximum Gasteiger partial charge on any atom is 0.287 e. The number of nitro benzene ring substituents is 1. The van der Waals surface area contributed by atoms with Crippen LogP contribution in [0.3, 0.4) is 0 Å². The molecule has 0 amide bonds. The van der Waals surface area contributed by atoms with Crippen LogP contribution in [-0.2, 0) is 0 Å². The molecule has 6 heteroatoms. The van der Waals surface area contributed by atoms with Gasteiger partial charge in [-0.1, -0.05) is 0 Å². The van der Waals surface area contributed by atoms with Crippen molar-refractivity contribution in [1.29, 1.82) is 5.26 Å². The fraction of sp³-hybridized carbons (Fsp3) is 0.500. The van der Waals surface area contributed by atoms with Gasteiger partial charge in [0.1, 0.15) is 11.6 Å². The molecule has 3 rings (SSSR count). The number of nitriles is 1. The average Bonchev–Trinajstić information content (AvgIpc) is 2.90. The molecule has 0 aromatic heterocycles. The summed E-state index contributed by atoms with van der Waals surface area (Å²) in [6, 6.07) is 7.24. The zero-order chi connectivity index (χ0) is 14.1. The Morgan fingerprint density at radius 1 is 1.45 bits per heavy atom. The smallest absolute Gasteiger partial charge is 0.287 e. The van der Waals surface area contributed by atoms with Gasteiger partial charge in [0.05, 0.1) is 4.92 Å². The third-order valence-corrected chi connectivity index (χ3v) is 4.26. The number of piperidine rings is 1. The minimum Gasteiger partial charge on any atom is -0.370 e. The van der Waals surface area contributed by atoms with Crippen LogP contribution < -0.4 is 10.2 Å². The monoisotopic (exact) mass is 272 g/mol. The summed E-state index contributed by atoms with van der Waals surface area (Å²) >= 11 is 0. The number of fused-ring (bicyclic) bond motifs is 1. The van der Waals surface area contributed by atoms with E-state index in [0.29, 0.717) is 12.0 Å². The topological polar surface area (TPSA) is 82.2 Å². The number of hydrogen-bond acceptors (Lipinski definition) is 5. The summed E-state index contributed by atoms with van der Waals surface area (Å²) in [4.78, 5) is 12.6. The highest BCUT2D eigenvalue weighted by molar-refractivity contribution is 5.60. The first-order valence-corrected chi connectivity index (χ1v) is 6.86. The van der Waals surface area contributed by atoms with Gasteiger partial charge in [-0.15, -0.1) is 0 Å². The van der Waals surface area contributed by atoms with Crippen molar-refractivity contribution in [3.8, 4) is 6.07 Å². The van der Waals surface area contributed by atoms with Crippen molar-refractivity contribution in [2.75, 3.05) is 24.5 Å². The van der Waals surface area contributed by atoms with Crippen LogP contribution in [0.1, 0.15) is 18.4 Å². The number of nitrogens with zero attached hydrogens (tertiary/aromatic N) is 3. The van der Waals surface area contributed by atoms with Crippen LogP contribution in [0, 0.1) is 27.4 Å². The second-order valence-corrected chi connectivity index (χ2v) is 5.44. The number of hydrogen-bond donors (Lipinski definition) is 1. The number of nitrogens with one attached hydrogen (secondary N) is 1. The van der Waals surface area contributed by atoms with E-state index in [4.69, 9.17) is 5.26 Å². The minimum absolute atomic E-state index is 0.119. The van der Waals surface area contributed by atoms with E-state index < -0.39 is 4.92 Å². The Morgan fingerprint density at radius 3 is 3.00 bits per heavy atom. The van der Waals surface area contributed by atoms with Crippen LogP contribution >= 0.6 is 0 Å². The predicted molar refractivity (Wildman–Crippen MR) is 74.5 cm³/mol. The molecular weight excluding hydrogens is 256 g/mol. The lowest BCUT2D eigenvalue weighted by Gasteiger charge is -2.24. The summed E-state index contributed by atoms with van der Waals surface area (Å²) in [5.74, 6) is 0.643. The highest BCUT2D eigenvalue weighted by atomic mass is 16.6. The number of anilines is 1. The molecule has 6 nitrogen and oxygen atoms in total. The lowest BCUT2D eigenvalue weighted by molar-refractivity contribution is -0.385. The largest absolute Gasteiger partial charge is 0.370 e. The first kappa shape index (κ1) is 12.9. The zero-order valence-electron chi connectivity index (χ0n) is 11.1. The Hall–Kier alpha value is -2.13. The fourth-order valence-electron chi connectivity index (χ4n) is 3.23. The van der Waals surface area contributed by atoms with Crippen LogP contribution in [0.4, 0.5) is 11.4 Å². The van der Waals surface area contributed by atoms with E-state index in [9.17, 15) is 10.1 Å². The van der Waals surface area contributed by atoms with Crippen molar-refractivity contribution in [2.45, 2.75) is 18.9 Å². The lowest BCUT2D eigenvalue weighted by Crippen LogP contribution is -2.40. The molecule has 1 N–H and O–H groups in total. The van der Waals surface area contributed by atoms with Crippen LogP contribution in [-0.4, -0.2) is 30.6 Å². The maximum absolute atomic E-state index is 10.8. The normalized spacial score (nSPS) is 25.1. The molecule has 2 saturated heterocycles. The van der Waals surface area contributed by atoms with E-state index in [1.165, 1.54) is 18.9 Å². The second-order valence-electron chi connectivity index (χ2n) is 5.44. The summed E-state index contributed by atoms with van der Waals surface area (Å²) in [7, 11) is 0. The predicted octanol–water partition coefficient (Wildman–Crippen LogP) is 1.65. The zero-order valence-corrected chi connectivity index (χ0v) is 11.1. The quantitative estimate of drug-likeness (QED) is 0.654. The molecule has 2 aliphatic heterocycles. The van der Waals surface area contributed by atoms with E-state index in [2.05, 4.69) is 10.2 Å². The maximum atomic E-state index is 10.8. The van der Waals surface area contributed by atoms with E-state index in [0.717, 1.165) is 25.3 Å². The van der Waals surface area contributed by atoms with E-state index in [-0.39, 0.29) is 11.3 Å². The van der Waals surface area contributed by atoms with Gasteiger partial charge in [0, 0.05) is 30.9 Å². The summed E-state index contributed by atoms with van der Waals surface area (Å²) in [6.45, 7) is 2.94. The lowest BCUT2D eigenvalue weighted by atomic mass is 9.94. The summed E-state index contributed by atoms with van der Waals surface area (Å²) in [5, 5.41) is 23.4. The molecule has 2 heterocycles. The number of benzene rings is 1. The molecule has 0 radical (unpaired) electrons. The molecule has 1 aromatic rings. The molecule has 2 fully saturated rings. The highest BCUT2D eigenvalue weighted by Gasteiger charge is 2.34. The number of nitro groups is 1. The standard InChI is InChI=1S/C14H16N4O2/c15-7-11-6-12(3-4-14(11)18(19)20)17-8-10-2-1-5-16-13(10)9-17/h3-4,6,10,13,16H,1-2,5,8-9H2/t10-,13+/m0/s1. The van der Waals surface area contributed by atoms with Gasteiger partial charge in [-0.2, -0.15) is 5.26 Å². The van der Waals surface area contributed by atoms with E-state index in [1.807, 2.05) is 6.07 Å². The van der Waals surface area contributed by atoms with Crippen molar-refractivity contribution >= 4 is 11.4 Å². The van der Waals surface area contributed by atoms with Crippen molar-refractivity contribution < 1.29 is 4.92 Å². The summed E-state index contributed by atoms with van der Waals surface area (Å²) < 4.78 is 0. The Kier molecular flexibility index (Phi) is 3.28. The van der Waals surface area contributed by atoms with E-state index in [1.54, 1.807) is 12.1 Å². The molecular formula is C14H16N4O2. The van der Waals surface area contributed by atoms with Gasteiger partial charge in [0.25, 0.3) is 5.69 Å². The molecule has 104 valence electrons. The Labute approximate surface area is 117 Å². The SMILES string of the molecule is N#Cc1cc(N2C[C@@H]3CCCN[C@@H]3C2)ccc1[N+](=O)[O-].